The third-order valence-corrected chi connectivity index (χ3v) is 5.08. The van der Waals surface area contributed by atoms with E-state index in [4.69, 9.17) is 14.2 Å². The summed E-state index contributed by atoms with van der Waals surface area (Å²) in [6, 6.07) is 0. The van der Waals surface area contributed by atoms with E-state index in [-0.39, 0.29) is 36.9 Å². The van der Waals surface area contributed by atoms with Crippen molar-refractivity contribution in [1.29, 1.82) is 0 Å². The van der Waals surface area contributed by atoms with E-state index in [0.717, 1.165) is 5.57 Å². The van der Waals surface area contributed by atoms with Gasteiger partial charge in [0.25, 0.3) is 0 Å². The highest BCUT2D eigenvalue weighted by Gasteiger charge is 2.61. The number of fused-ring (bicyclic) bond motifs is 1. The Morgan fingerprint density at radius 3 is 2.22 bits per heavy atom. The molecule has 6 nitrogen and oxygen atoms in total. The monoisotopic (exact) mass is 324 g/mol. The molecular formula is C17H24O6. The van der Waals surface area contributed by atoms with Crippen molar-refractivity contribution in [2.45, 2.75) is 33.1 Å². The molecule has 3 atom stereocenters. The average Bonchev–Trinajstić information content (AvgIpc) is 2.54. The van der Waals surface area contributed by atoms with Crippen LogP contribution in [0.3, 0.4) is 0 Å². The quantitative estimate of drug-likeness (QED) is 0.332. The van der Waals surface area contributed by atoms with Crippen LogP contribution in [0.4, 0.5) is 0 Å². The molecule has 128 valence electrons. The maximum atomic E-state index is 12.4. The molecule has 6 heteroatoms. The fourth-order valence-corrected chi connectivity index (χ4v) is 3.88. The minimum absolute atomic E-state index is 0.0540. The third kappa shape index (κ3) is 2.75. The number of carbonyl (C=O) groups excluding carboxylic acids is 3. The number of methoxy groups -OCH3 is 1. The zero-order valence-electron chi connectivity index (χ0n) is 13.9. The Labute approximate surface area is 136 Å². The van der Waals surface area contributed by atoms with E-state index in [1.165, 1.54) is 7.11 Å². The first-order chi connectivity index (χ1) is 10.9. The first-order valence-electron chi connectivity index (χ1n) is 8.03. The van der Waals surface area contributed by atoms with Gasteiger partial charge in [0.2, 0.25) is 0 Å². The maximum Gasteiger partial charge on any atom is 0.323 e. The van der Waals surface area contributed by atoms with Gasteiger partial charge in [0.1, 0.15) is 0 Å². The van der Waals surface area contributed by atoms with Crippen LogP contribution in [0.2, 0.25) is 0 Å². The lowest BCUT2D eigenvalue weighted by Crippen LogP contribution is -2.55. The summed E-state index contributed by atoms with van der Waals surface area (Å²) in [5, 5.41) is 0. The summed E-state index contributed by atoms with van der Waals surface area (Å²) < 4.78 is 15.1. The molecule has 0 radical (unpaired) electrons. The first-order valence-corrected chi connectivity index (χ1v) is 8.03. The second-order valence-electron chi connectivity index (χ2n) is 6.11. The lowest BCUT2D eigenvalue weighted by molar-refractivity contribution is -0.179. The van der Waals surface area contributed by atoms with Gasteiger partial charge in [-0.15, -0.1) is 0 Å². The predicted octanol–water partition coefficient (Wildman–Crippen LogP) is 1.87. The third-order valence-electron chi connectivity index (χ3n) is 5.08. The molecule has 0 aromatic heterocycles. The summed E-state index contributed by atoms with van der Waals surface area (Å²) in [6.45, 7) is 7.80. The molecule has 2 saturated carbocycles. The number of hydrogen-bond donors (Lipinski definition) is 0. The fourth-order valence-electron chi connectivity index (χ4n) is 3.88. The molecule has 0 heterocycles. The SMILES string of the molecule is C=C1[C@H](C(=O)OC)[C@H]2CCC(C(=O)OCC)(C(=O)OCC)C[C@@H]12. The predicted molar refractivity (Wildman–Crippen MR) is 81.2 cm³/mol. The van der Waals surface area contributed by atoms with E-state index >= 15 is 0 Å². The van der Waals surface area contributed by atoms with Gasteiger partial charge in [-0.1, -0.05) is 12.2 Å². The van der Waals surface area contributed by atoms with E-state index in [1.807, 2.05) is 0 Å². The van der Waals surface area contributed by atoms with Gasteiger partial charge in [0, 0.05) is 0 Å². The summed E-state index contributed by atoms with van der Waals surface area (Å²) in [5.74, 6) is -1.67. The summed E-state index contributed by atoms with van der Waals surface area (Å²) in [7, 11) is 1.35. The number of esters is 3. The Balaban J connectivity index is 2.22. The van der Waals surface area contributed by atoms with E-state index in [9.17, 15) is 14.4 Å². The molecule has 0 aliphatic heterocycles. The fraction of sp³-hybridized carbons (Fsp3) is 0.706. The van der Waals surface area contributed by atoms with Crippen LogP contribution in [-0.4, -0.2) is 38.2 Å². The van der Waals surface area contributed by atoms with Gasteiger partial charge in [-0.05, 0) is 44.9 Å². The molecule has 2 rings (SSSR count). The molecule has 0 spiro atoms. The molecule has 2 fully saturated rings. The molecule has 0 saturated heterocycles. The van der Waals surface area contributed by atoms with Crippen molar-refractivity contribution in [2.24, 2.45) is 23.2 Å². The van der Waals surface area contributed by atoms with Crippen molar-refractivity contribution in [2.75, 3.05) is 20.3 Å². The summed E-state index contributed by atoms with van der Waals surface area (Å²) in [5.41, 5.74) is -0.545. The number of carbonyl (C=O) groups is 3. The normalized spacial score (nSPS) is 28.1. The maximum absolute atomic E-state index is 12.4. The molecule has 0 aromatic carbocycles. The Hall–Kier alpha value is -1.85. The lowest BCUT2D eigenvalue weighted by atomic mass is 9.50. The second-order valence-corrected chi connectivity index (χ2v) is 6.11. The lowest BCUT2D eigenvalue weighted by Gasteiger charge is -2.52. The Bertz CT molecular complexity index is 505. The minimum atomic E-state index is -1.28. The van der Waals surface area contributed by atoms with Gasteiger partial charge in [-0.3, -0.25) is 14.4 Å². The standard InChI is InChI=1S/C17H24O6/c1-5-22-15(19)17(16(20)23-6-2)8-7-11-12(9-17)10(3)13(11)14(18)21-4/h11-13H,3,5-9H2,1-2,4H3/t11-,12-,13-/m0/s1. The molecule has 0 unspecified atom stereocenters. The molecule has 0 N–H and O–H groups in total. The molecule has 23 heavy (non-hydrogen) atoms. The van der Waals surface area contributed by atoms with Crippen LogP contribution >= 0.6 is 0 Å². The van der Waals surface area contributed by atoms with E-state index < -0.39 is 17.4 Å². The second kappa shape index (κ2) is 6.72. The Kier molecular flexibility index (Phi) is 5.12. The zero-order valence-corrected chi connectivity index (χ0v) is 13.9. The number of ether oxygens (including phenoxy) is 3. The van der Waals surface area contributed by atoms with Gasteiger partial charge >= 0.3 is 17.9 Å². The molecule has 0 aromatic rings. The van der Waals surface area contributed by atoms with E-state index in [1.54, 1.807) is 13.8 Å². The largest absolute Gasteiger partial charge is 0.469 e. The van der Waals surface area contributed by atoms with Gasteiger partial charge in [0.05, 0.1) is 26.2 Å². The molecular weight excluding hydrogens is 300 g/mol. The van der Waals surface area contributed by atoms with Crippen LogP contribution < -0.4 is 0 Å². The van der Waals surface area contributed by atoms with Crippen LogP contribution in [0.15, 0.2) is 12.2 Å². The summed E-state index contributed by atoms with van der Waals surface area (Å²) in [6.07, 6.45) is 1.19. The Morgan fingerprint density at radius 1 is 1.17 bits per heavy atom. The van der Waals surface area contributed by atoms with Gasteiger partial charge in [-0.25, -0.2) is 0 Å². The summed E-state index contributed by atoms with van der Waals surface area (Å²) >= 11 is 0. The molecule has 2 aliphatic carbocycles. The number of rotatable bonds is 5. The van der Waals surface area contributed by atoms with Crippen molar-refractivity contribution in [1.82, 2.24) is 0 Å². The van der Waals surface area contributed by atoms with Crippen molar-refractivity contribution in [3.05, 3.63) is 12.2 Å². The highest BCUT2D eigenvalue weighted by atomic mass is 16.6. The van der Waals surface area contributed by atoms with Crippen molar-refractivity contribution >= 4 is 17.9 Å². The van der Waals surface area contributed by atoms with Crippen LogP contribution in [0.1, 0.15) is 33.1 Å². The van der Waals surface area contributed by atoms with Gasteiger partial charge in [0.15, 0.2) is 5.41 Å². The first kappa shape index (κ1) is 17.5. The number of hydrogen-bond acceptors (Lipinski definition) is 6. The van der Waals surface area contributed by atoms with Gasteiger partial charge < -0.3 is 14.2 Å². The van der Waals surface area contributed by atoms with Crippen molar-refractivity contribution in [3.8, 4) is 0 Å². The van der Waals surface area contributed by atoms with Crippen molar-refractivity contribution in [3.63, 3.8) is 0 Å². The molecule has 2 aliphatic rings. The van der Waals surface area contributed by atoms with E-state index in [2.05, 4.69) is 6.58 Å². The molecule has 0 amide bonds. The zero-order chi connectivity index (χ0) is 17.2. The topological polar surface area (TPSA) is 78.9 Å². The summed E-state index contributed by atoms with van der Waals surface area (Å²) in [4.78, 5) is 36.7. The smallest absolute Gasteiger partial charge is 0.323 e. The van der Waals surface area contributed by atoms with Crippen LogP contribution in [0.5, 0.6) is 0 Å². The average molecular weight is 324 g/mol. The van der Waals surface area contributed by atoms with Crippen LogP contribution in [0.25, 0.3) is 0 Å². The Morgan fingerprint density at radius 2 is 1.74 bits per heavy atom. The highest BCUT2D eigenvalue weighted by molar-refractivity contribution is 6.00. The highest BCUT2D eigenvalue weighted by Crippen LogP contribution is 2.58. The van der Waals surface area contributed by atoms with Gasteiger partial charge in [-0.2, -0.15) is 0 Å². The van der Waals surface area contributed by atoms with E-state index in [0.29, 0.717) is 19.3 Å². The van der Waals surface area contributed by atoms with Crippen LogP contribution in [-0.2, 0) is 28.6 Å². The van der Waals surface area contributed by atoms with Crippen molar-refractivity contribution < 1.29 is 28.6 Å². The van der Waals surface area contributed by atoms with Crippen LogP contribution in [0, 0.1) is 23.2 Å². The molecule has 0 bridgehead atoms. The minimum Gasteiger partial charge on any atom is -0.469 e.